The van der Waals surface area contributed by atoms with Crippen molar-refractivity contribution in [2.24, 2.45) is 0 Å². The molecule has 1 aromatic rings. The van der Waals surface area contributed by atoms with E-state index in [1.807, 2.05) is 25.1 Å². The van der Waals surface area contributed by atoms with Gasteiger partial charge in [-0.25, -0.2) is 11.4 Å². The van der Waals surface area contributed by atoms with Gasteiger partial charge in [-0.3, -0.25) is 4.85 Å². The summed E-state index contributed by atoms with van der Waals surface area (Å²) in [6, 6.07) is 9.03. The van der Waals surface area contributed by atoms with E-state index < -0.39 is 11.5 Å². The zero-order valence-corrected chi connectivity index (χ0v) is 8.86. The first-order chi connectivity index (χ1) is 7.21. The van der Waals surface area contributed by atoms with Crippen molar-refractivity contribution in [3.63, 3.8) is 0 Å². The van der Waals surface area contributed by atoms with Gasteiger partial charge in [-0.15, -0.1) is 0 Å². The minimum atomic E-state index is -1.18. The van der Waals surface area contributed by atoms with Crippen LogP contribution >= 0.6 is 0 Å². The Balaban J connectivity index is 3.25. The molecular formula is C12H13NO2. The fourth-order valence-corrected chi connectivity index (χ4v) is 1.54. The summed E-state index contributed by atoms with van der Waals surface area (Å²) in [5.74, 6) is -0.494. The molecule has 1 unspecified atom stereocenters. The molecule has 0 amide bonds. The van der Waals surface area contributed by atoms with Gasteiger partial charge in [0, 0.05) is 12.0 Å². The standard InChI is InChI=1S/C12H13NO2/c1-4-12(13-2,11(14)15-3)10-8-6-5-7-9-10/h5-9H,4H2,1,3H3. The summed E-state index contributed by atoms with van der Waals surface area (Å²) in [5.41, 5.74) is -0.495. The minimum absolute atomic E-state index is 0.410. The molecule has 0 heterocycles. The highest BCUT2D eigenvalue weighted by Gasteiger charge is 2.46. The summed E-state index contributed by atoms with van der Waals surface area (Å²) in [6.45, 7) is 9.01. The van der Waals surface area contributed by atoms with Crippen LogP contribution in [0.2, 0.25) is 0 Å². The fraction of sp³-hybridized carbons (Fsp3) is 0.333. The highest BCUT2D eigenvalue weighted by molar-refractivity contribution is 5.84. The van der Waals surface area contributed by atoms with Crippen molar-refractivity contribution in [2.45, 2.75) is 18.9 Å². The predicted molar refractivity (Wildman–Crippen MR) is 57.0 cm³/mol. The normalized spacial score (nSPS) is 13.7. The van der Waals surface area contributed by atoms with Crippen LogP contribution in [0.25, 0.3) is 4.85 Å². The van der Waals surface area contributed by atoms with E-state index in [0.29, 0.717) is 12.0 Å². The number of methoxy groups -OCH3 is 1. The molecule has 0 aliphatic carbocycles. The summed E-state index contributed by atoms with van der Waals surface area (Å²) >= 11 is 0. The zero-order chi connectivity index (χ0) is 11.3. The summed E-state index contributed by atoms with van der Waals surface area (Å²) < 4.78 is 4.70. The molecule has 3 heteroatoms. The molecule has 0 bridgehead atoms. The van der Waals surface area contributed by atoms with Gasteiger partial charge in [-0.2, -0.15) is 0 Å². The summed E-state index contributed by atoms with van der Waals surface area (Å²) in [5, 5.41) is 0. The molecule has 0 aromatic heterocycles. The molecule has 78 valence electrons. The number of hydrogen-bond donors (Lipinski definition) is 0. The Morgan fingerprint density at radius 1 is 1.47 bits per heavy atom. The van der Waals surface area contributed by atoms with Crippen LogP contribution in [0.1, 0.15) is 18.9 Å². The lowest BCUT2D eigenvalue weighted by molar-refractivity contribution is -0.145. The van der Waals surface area contributed by atoms with E-state index in [4.69, 9.17) is 11.3 Å². The highest BCUT2D eigenvalue weighted by Crippen LogP contribution is 2.30. The first kappa shape index (κ1) is 11.3. The second-order valence-electron chi connectivity index (χ2n) is 3.18. The molecule has 0 saturated carbocycles. The lowest BCUT2D eigenvalue weighted by atomic mass is 9.88. The van der Waals surface area contributed by atoms with E-state index >= 15 is 0 Å². The molecule has 1 rings (SSSR count). The molecule has 0 spiro atoms. The number of hydrogen-bond acceptors (Lipinski definition) is 2. The molecule has 0 radical (unpaired) electrons. The Morgan fingerprint density at radius 2 is 2.07 bits per heavy atom. The number of carbonyl (C=O) groups is 1. The number of carbonyl (C=O) groups excluding carboxylic acids is 1. The van der Waals surface area contributed by atoms with Gasteiger partial charge in [0.1, 0.15) is 0 Å². The van der Waals surface area contributed by atoms with E-state index in [-0.39, 0.29) is 0 Å². The third-order valence-corrected chi connectivity index (χ3v) is 2.48. The van der Waals surface area contributed by atoms with Gasteiger partial charge in [-0.1, -0.05) is 37.3 Å². The van der Waals surface area contributed by atoms with Crippen molar-refractivity contribution >= 4 is 5.97 Å². The Kier molecular flexibility index (Phi) is 3.46. The predicted octanol–water partition coefficient (Wildman–Crippen LogP) is 2.38. The first-order valence-electron chi connectivity index (χ1n) is 4.74. The molecule has 1 aromatic carbocycles. The first-order valence-corrected chi connectivity index (χ1v) is 4.74. The monoisotopic (exact) mass is 203 g/mol. The van der Waals surface area contributed by atoms with Crippen LogP contribution in [0.5, 0.6) is 0 Å². The maximum atomic E-state index is 11.7. The molecule has 0 N–H and O–H groups in total. The maximum absolute atomic E-state index is 11.7. The fourth-order valence-electron chi connectivity index (χ4n) is 1.54. The van der Waals surface area contributed by atoms with Crippen molar-refractivity contribution in [1.29, 1.82) is 0 Å². The third-order valence-electron chi connectivity index (χ3n) is 2.48. The molecule has 0 aliphatic heterocycles. The Morgan fingerprint density at radius 3 is 2.47 bits per heavy atom. The largest absolute Gasteiger partial charge is 0.463 e. The lowest BCUT2D eigenvalue weighted by Crippen LogP contribution is -2.32. The van der Waals surface area contributed by atoms with Crippen molar-refractivity contribution in [2.75, 3.05) is 7.11 Å². The average molecular weight is 203 g/mol. The molecule has 3 nitrogen and oxygen atoms in total. The average Bonchev–Trinajstić information content (AvgIpc) is 2.32. The molecule has 0 saturated heterocycles. The van der Waals surface area contributed by atoms with Gasteiger partial charge < -0.3 is 4.74 Å². The van der Waals surface area contributed by atoms with Crippen LogP contribution in [0.3, 0.4) is 0 Å². The van der Waals surface area contributed by atoms with Crippen LogP contribution in [0, 0.1) is 6.57 Å². The topological polar surface area (TPSA) is 30.7 Å². The number of ether oxygens (including phenoxy) is 1. The molecule has 1 atom stereocenters. The van der Waals surface area contributed by atoms with Crippen LogP contribution in [-0.4, -0.2) is 13.1 Å². The van der Waals surface area contributed by atoms with Gasteiger partial charge in [0.25, 0.3) is 0 Å². The van der Waals surface area contributed by atoms with E-state index in [2.05, 4.69) is 4.85 Å². The summed E-state index contributed by atoms with van der Waals surface area (Å²) in [4.78, 5) is 15.1. The summed E-state index contributed by atoms with van der Waals surface area (Å²) in [6.07, 6.45) is 0.410. The van der Waals surface area contributed by atoms with Gasteiger partial charge in [0.05, 0.1) is 7.11 Å². The van der Waals surface area contributed by atoms with Crippen molar-refractivity contribution in [1.82, 2.24) is 0 Å². The minimum Gasteiger partial charge on any atom is -0.463 e. The zero-order valence-electron chi connectivity index (χ0n) is 8.86. The molecular weight excluding hydrogens is 190 g/mol. The van der Waals surface area contributed by atoms with Crippen LogP contribution in [0.15, 0.2) is 30.3 Å². The van der Waals surface area contributed by atoms with Crippen LogP contribution in [0.4, 0.5) is 0 Å². The van der Waals surface area contributed by atoms with Gasteiger partial charge in [0.15, 0.2) is 0 Å². The van der Waals surface area contributed by atoms with E-state index in [9.17, 15) is 4.79 Å². The van der Waals surface area contributed by atoms with Gasteiger partial charge >= 0.3 is 11.5 Å². The van der Waals surface area contributed by atoms with Crippen molar-refractivity contribution in [3.8, 4) is 0 Å². The van der Waals surface area contributed by atoms with Gasteiger partial charge in [0.2, 0.25) is 0 Å². The second-order valence-corrected chi connectivity index (χ2v) is 3.18. The number of nitrogens with zero attached hydrogens (tertiary/aromatic N) is 1. The SMILES string of the molecule is [C-]#[N+]C(CC)(C(=O)OC)c1ccccc1. The van der Waals surface area contributed by atoms with Crippen molar-refractivity contribution in [3.05, 3.63) is 47.3 Å². The lowest BCUT2D eigenvalue weighted by Gasteiger charge is -2.17. The third kappa shape index (κ3) is 1.84. The molecule has 0 fully saturated rings. The van der Waals surface area contributed by atoms with E-state index in [0.717, 1.165) is 0 Å². The summed E-state index contributed by atoms with van der Waals surface area (Å²) in [7, 11) is 1.31. The molecule has 15 heavy (non-hydrogen) atoms. The smallest absolute Gasteiger partial charge is 0.398 e. The van der Waals surface area contributed by atoms with E-state index in [1.165, 1.54) is 7.11 Å². The maximum Gasteiger partial charge on any atom is 0.398 e. The highest BCUT2D eigenvalue weighted by atomic mass is 16.5. The number of benzene rings is 1. The van der Waals surface area contributed by atoms with E-state index in [1.54, 1.807) is 12.1 Å². The quantitative estimate of drug-likeness (QED) is 0.557. The van der Waals surface area contributed by atoms with Gasteiger partial charge in [-0.05, 0) is 0 Å². The second kappa shape index (κ2) is 4.61. The van der Waals surface area contributed by atoms with Crippen LogP contribution < -0.4 is 0 Å². The molecule has 0 aliphatic rings. The Bertz CT molecular complexity index is 380. The van der Waals surface area contributed by atoms with Crippen molar-refractivity contribution < 1.29 is 9.53 Å². The Hall–Kier alpha value is -1.82. The number of rotatable bonds is 3. The van der Waals surface area contributed by atoms with Crippen LogP contribution in [-0.2, 0) is 15.1 Å². The Labute approximate surface area is 89.5 Å². The number of esters is 1.